The predicted octanol–water partition coefficient (Wildman–Crippen LogP) is 3.24. The molecule has 0 aliphatic heterocycles. The zero-order chi connectivity index (χ0) is 11.9. The number of halogens is 1. The van der Waals surface area contributed by atoms with Crippen LogP contribution in [-0.4, -0.2) is 15.7 Å². The van der Waals surface area contributed by atoms with E-state index in [1.807, 2.05) is 41.2 Å². The SMILES string of the molecule is ClCCCC#Cc1cnn(-c2ccccc2)c1. The standard InChI is InChI=1S/C14H13ClN2/c15-10-6-2-3-7-13-11-16-17(12-13)14-8-4-1-5-9-14/h1,4-5,8-9,11-12H,2,6,10H2. The van der Waals surface area contributed by atoms with E-state index < -0.39 is 0 Å². The first-order valence-electron chi connectivity index (χ1n) is 5.55. The first-order chi connectivity index (χ1) is 8.40. The van der Waals surface area contributed by atoms with Crippen molar-refractivity contribution in [2.24, 2.45) is 0 Å². The van der Waals surface area contributed by atoms with Crippen LogP contribution in [-0.2, 0) is 0 Å². The van der Waals surface area contributed by atoms with Crippen molar-refractivity contribution in [1.29, 1.82) is 0 Å². The van der Waals surface area contributed by atoms with Crippen LogP contribution in [0.2, 0.25) is 0 Å². The Morgan fingerprint density at radius 2 is 2.06 bits per heavy atom. The topological polar surface area (TPSA) is 17.8 Å². The van der Waals surface area contributed by atoms with Crippen LogP contribution in [0.4, 0.5) is 0 Å². The normalized spacial score (nSPS) is 9.71. The van der Waals surface area contributed by atoms with E-state index in [2.05, 4.69) is 16.9 Å². The summed E-state index contributed by atoms with van der Waals surface area (Å²) in [6, 6.07) is 9.99. The molecule has 0 atom stereocenters. The first-order valence-corrected chi connectivity index (χ1v) is 6.08. The number of alkyl halides is 1. The molecule has 1 aromatic heterocycles. The van der Waals surface area contributed by atoms with Crippen molar-refractivity contribution in [3.8, 4) is 17.5 Å². The largest absolute Gasteiger partial charge is 0.240 e. The summed E-state index contributed by atoms with van der Waals surface area (Å²) in [5.41, 5.74) is 1.98. The van der Waals surface area contributed by atoms with Crippen molar-refractivity contribution in [3.05, 3.63) is 48.3 Å². The maximum atomic E-state index is 5.58. The van der Waals surface area contributed by atoms with Gasteiger partial charge in [0.25, 0.3) is 0 Å². The zero-order valence-corrected chi connectivity index (χ0v) is 10.2. The molecule has 17 heavy (non-hydrogen) atoms. The van der Waals surface area contributed by atoms with Crippen LogP contribution < -0.4 is 0 Å². The molecule has 0 N–H and O–H groups in total. The molecule has 2 rings (SSSR count). The Hall–Kier alpha value is -1.72. The highest BCUT2D eigenvalue weighted by molar-refractivity contribution is 6.17. The molecule has 0 spiro atoms. The Morgan fingerprint density at radius 3 is 2.82 bits per heavy atom. The van der Waals surface area contributed by atoms with Gasteiger partial charge in [-0.3, -0.25) is 0 Å². The van der Waals surface area contributed by atoms with Crippen LogP contribution in [0.3, 0.4) is 0 Å². The number of hydrogen-bond donors (Lipinski definition) is 0. The Balaban J connectivity index is 2.08. The predicted molar refractivity (Wildman–Crippen MR) is 70.4 cm³/mol. The number of benzene rings is 1. The van der Waals surface area contributed by atoms with E-state index in [9.17, 15) is 0 Å². The lowest BCUT2D eigenvalue weighted by atomic mass is 10.3. The monoisotopic (exact) mass is 244 g/mol. The van der Waals surface area contributed by atoms with Gasteiger partial charge in [0, 0.05) is 18.5 Å². The lowest BCUT2D eigenvalue weighted by Gasteiger charge is -1.98. The van der Waals surface area contributed by atoms with Crippen molar-refractivity contribution in [3.63, 3.8) is 0 Å². The number of hydrogen-bond acceptors (Lipinski definition) is 1. The third-order valence-electron chi connectivity index (χ3n) is 2.27. The van der Waals surface area contributed by atoms with Crippen molar-refractivity contribution in [2.45, 2.75) is 12.8 Å². The molecule has 0 saturated heterocycles. The average Bonchev–Trinajstić information content (AvgIpc) is 2.85. The van der Waals surface area contributed by atoms with Gasteiger partial charge in [0.05, 0.1) is 17.4 Å². The lowest BCUT2D eigenvalue weighted by Crippen LogP contribution is -1.92. The van der Waals surface area contributed by atoms with Crippen LogP contribution in [0.15, 0.2) is 42.7 Å². The van der Waals surface area contributed by atoms with Gasteiger partial charge in [-0.05, 0) is 18.6 Å². The highest BCUT2D eigenvalue weighted by Crippen LogP contribution is 2.06. The molecule has 0 fully saturated rings. The van der Waals surface area contributed by atoms with Crippen LogP contribution in [0.25, 0.3) is 5.69 Å². The van der Waals surface area contributed by atoms with Crippen LogP contribution >= 0.6 is 11.6 Å². The first kappa shape index (κ1) is 11.8. The van der Waals surface area contributed by atoms with Gasteiger partial charge in [-0.1, -0.05) is 30.0 Å². The lowest BCUT2D eigenvalue weighted by molar-refractivity contribution is 0.880. The number of unbranched alkanes of at least 4 members (excludes halogenated alkanes) is 1. The van der Waals surface area contributed by atoms with E-state index in [1.165, 1.54) is 0 Å². The van der Waals surface area contributed by atoms with Gasteiger partial charge in [-0.2, -0.15) is 5.10 Å². The number of aromatic nitrogens is 2. The fourth-order valence-electron chi connectivity index (χ4n) is 1.43. The second-order valence-corrected chi connectivity index (χ2v) is 3.98. The van der Waals surface area contributed by atoms with Gasteiger partial charge < -0.3 is 0 Å². The maximum absolute atomic E-state index is 5.58. The third kappa shape index (κ3) is 3.37. The van der Waals surface area contributed by atoms with Crippen molar-refractivity contribution >= 4 is 11.6 Å². The molecule has 0 saturated carbocycles. The fourth-order valence-corrected chi connectivity index (χ4v) is 1.56. The number of para-hydroxylation sites is 1. The fraction of sp³-hybridized carbons (Fsp3) is 0.214. The van der Waals surface area contributed by atoms with Crippen molar-refractivity contribution in [1.82, 2.24) is 9.78 Å². The van der Waals surface area contributed by atoms with E-state index in [0.29, 0.717) is 5.88 Å². The van der Waals surface area contributed by atoms with Crippen molar-refractivity contribution < 1.29 is 0 Å². The minimum atomic E-state index is 0.665. The second-order valence-electron chi connectivity index (χ2n) is 3.60. The van der Waals surface area contributed by atoms with E-state index >= 15 is 0 Å². The van der Waals surface area contributed by atoms with Gasteiger partial charge in [0.1, 0.15) is 0 Å². The van der Waals surface area contributed by atoms with Gasteiger partial charge >= 0.3 is 0 Å². The zero-order valence-electron chi connectivity index (χ0n) is 9.44. The highest BCUT2D eigenvalue weighted by Gasteiger charge is 1.97. The summed E-state index contributed by atoms with van der Waals surface area (Å²) in [4.78, 5) is 0. The third-order valence-corrected chi connectivity index (χ3v) is 2.54. The van der Waals surface area contributed by atoms with Gasteiger partial charge in [0.2, 0.25) is 0 Å². The quantitative estimate of drug-likeness (QED) is 0.461. The van der Waals surface area contributed by atoms with Crippen LogP contribution in [0, 0.1) is 11.8 Å². The van der Waals surface area contributed by atoms with Gasteiger partial charge in [-0.25, -0.2) is 4.68 Å². The molecule has 0 aliphatic carbocycles. The maximum Gasteiger partial charge on any atom is 0.0651 e. The van der Waals surface area contributed by atoms with Crippen LogP contribution in [0.1, 0.15) is 18.4 Å². The van der Waals surface area contributed by atoms with E-state index in [4.69, 9.17) is 11.6 Å². The van der Waals surface area contributed by atoms with E-state index in [-0.39, 0.29) is 0 Å². The summed E-state index contributed by atoms with van der Waals surface area (Å²) >= 11 is 5.58. The Bertz CT molecular complexity index is 520. The number of nitrogens with zero attached hydrogens (tertiary/aromatic N) is 2. The van der Waals surface area contributed by atoms with Crippen LogP contribution in [0.5, 0.6) is 0 Å². The molecule has 1 heterocycles. The molecule has 0 radical (unpaired) electrons. The number of rotatable bonds is 3. The minimum absolute atomic E-state index is 0.665. The summed E-state index contributed by atoms with van der Waals surface area (Å²) in [6.07, 6.45) is 5.48. The molecule has 2 nitrogen and oxygen atoms in total. The van der Waals surface area contributed by atoms with Gasteiger partial charge in [0.15, 0.2) is 0 Å². The molecule has 86 valence electrons. The Kier molecular flexibility index (Phi) is 4.23. The average molecular weight is 245 g/mol. The molecule has 0 unspecified atom stereocenters. The molecular weight excluding hydrogens is 232 g/mol. The molecule has 0 amide bonds. The minimum Gasteiger partial charge on any atom is -0.240 e. The molecule has 2 aromatic rings. The van der Waals surface area contributed by atoms with Crippen molar-refractivity contribution in [2.75, 3.05) is 5.88 Å². The summed E-state index contributed by atoms with van der Waals surface area (Å²) in [6.45, 7) is 0. The Labute approximate surface area is 106 Å². The summed E-state index contributed by atoms with van der Waals surface area (Å²) in [7, 11) is 0. The van der Waals surface area contributed by atoms with E-state index in [1.54, 1.807) is 6.20 Å². The molecular formula is C14H13ClN2. The molecule has 0 aliphatic rings. The molecule has 3 heteroatoms. The highest BCUT2D eigenvalue weighted by atomic mass is 35.5. The summed E-state index contributed by atoms with van der Waals surface area (Å²) in [5.74, 6) is 6.82. The van der Waals surface area contributed by atoms with Gasteiger partial charge in [-0.15, -0.1) is 11.6 Å². The summed E-state index contributed by atoms with van der Waals surface area (Å²) in [5, 5.41) is 4.27. The van der Waals surface area contributed by atoms with E-state index in [0.717, 1.165) is 24.1 Å². The Morgan fingerprint density at radius 1 is 1.24 bits per heavy atom. The smallest absolute Gasteiger partial charge is 0.0651 e. The summed E-state index contributed by atoms with van der Waals surface area (Å²) < 4.78 is 1.82. The second kappa shape index (κ2) is 6.12. The molecule has 0 bridgehead atoms. The molecule has 1 aromatic carbocycles.